The van der Waals surface area contributed by atoms with Crippen molar-refractivity contribution in [2.45, 2.75) is 26.2 Å². The molecule has 1 aromatic heterocycles. The van der Waals surface area contributed by atoms with Crippen molar-refractivity contribution in [1.29, 1.82) is 0 Å². The Morgan fingerprint density at radius 2 is 2.14 bits per heavy atom. The number of hydrogen-bond donors (Lipinski definition) is 3. The molecule has 1 aliphatic rings. The van der Waals surface area contributed by atoms with Gasteiger partial charge in [0.15, 0.2) is 0 Å². The average molecular weight is 295 g/mol. The maximum absolute atomic E-state index is 12.2. The highest BCUT2D eigenvalue weighted by atomic mass is 16.4. The third kappa shape index (κ3) is 3.21. The number of aliphatic carboxylic acids is 1. The summed E-state index contributed by atoms with van der Waals surface area (Å²) in [4.78, 5) is 51.8. The fourth-order valence-corrected chi connectivity index (χ4v) is 2.47. The molecule has 1 aromatic rings. The van der Waals surface area contributed by atoms with Crippen LogP contribution in [0.2, 0.25) is 0 Å². The second kappa shape index (κ2) is 5.55. The highest BCUT2D eigenvalue weighted by Crippen LogP contribution is 2.29. The highest BCUT2D eigenvalue weighted by molar-refractivity contribution is 5.81. The largest absolute Gasteiger partial charge is 0.481 e. The van der Waals surface area contributed by atoms with Crippen LogP contribution in [0.5, 0.6) is 0 Å². The number of carboxylic acids is 1. The van der Waals surface area contributed by atoms with Crippen LogP contribution in [0.3, 0.4) is 0 Å². The van der Waals surface area contributed by atoms with E-state index in [1.54, 1.807) is 6.92 Å². The fraction of sp³-hybridized carbons (Fsp3) is 0.538. The van der Waals surface area contributed by atoms with Gasteiger partial charge in [0.25, 0.3) is 5.56 Å². The number of amides is 1. The van der Waals surface area contributed by atoms with E-state index in [0.29, 0.717) is 19.4 Å². The van der Waals surface area contributed by atoms with Crippen molar-refractivity contribution in [2.75, 3.05) is 13.1 Å². The number of H-pyrrole nitrogens is 2. The molecule has 8 heteroatoms. The second-order valence-electron chi connectivity index (χ2n) is 5.56. The summed E-state index contributed by atoms with van der Waals surface area (Å²) in [7, 11) is 0. The number of nitrogens with one attached hydrogen (secondary N) is 2. The van der Waals surface area contributed by atoms with E-state index >= 15 is 0 Å². The van der Waals surface area contributed by atoms with Gasteiger partial charge in [0.1, 0.15) is 0 Å². The molecule has 3 N–H and O–H groups in total. The van der Waals surface area contributed by atoms with Gasteiger partial charge in [0.2, 0.25) is 5.91 Å². The first kappa shape index (κ1) is 15.0. The number of hydrogen-bond acceptors (Lipinski definition) is 4. The lowest BCUT2D eigenvalue weighted by atomic mass is 9.82. The van der Waals surface area contributed by atoms with E-state index in [1.165, 1.54) is 11.1 Å². The van der Waals surface area contributed by atoms with Crippen molar-refractivity contribution in [3.05, 3.63) is 32.6 Å². The van der Waals surface area contributed by atoms with Gasteiger partial charge in [-0.3, -0.25) is 19.4 Å². The fourth-order valence-electron chi connectivity index (χ4n) is 2.47. The summed E-state index contributed by atoms with van der Waals surface area (Å²) in [6, 6.07) is 0. The highest BCUT2D eigenvalue weighted by Gasteiger charge is 2.39. The zero-order valence-electron chi connectivity index (χ0n) is 11.6. The van der Waals surface area contributed by atoms with Crippen LogP contribution in [0.1, 0.15) is 25.3 Å². The van der Waals surface area contributed by atoms with E-state index in [-0.39, 0.29) is 24.4 Å². The summed E-state index contributed by atoms with van der Waals surface area (Å²) in [5.74, 6) is -1.25. The number of likely N-dealkylation sites (tertiary alicyclic amines) is 1. The van der Waals surface area contributed by atoms with Gasteiger partial charge in [-0.1, -0.05) is 0 Å². The number of piperidine rings is 1. The quantitative estimate of drug-likeness (QED) is 0.681. The van der Waals surface area contributed by atoms with Crippen LogP contribution in [-0.4, -0.2) is 44.9 Å². The molecule has 0 bridgehead atoms. The average Bonchev–Trinajstić information content (AvgIpc) is 2.41. The number of carbonyl (C=O) groups is 2. The summed E-state index contributed by atoms with van der Waals surface area (Å²) in [5.41, 5.74) is -2.04. The molecular formula is C13H17N3O5. The number of rotatable bonds is 3. The molecule has 0 saturated carbocycles. The van der Waals surface area contributed by atoms with E-state index in [0.717, 1.165) is 0 Å². The predicted octanol–water partition coefficient (Wildman–Crippen LogP) is -0.681. The Morgan fingerprint density at radius 3 is 2.76 bits per heavy atom. The predicted molar refractivity (Wildman–Crippen MR) is 72.9 cm³/mol. The monoisotopic (exact) mass is 295 g/mol. The van der Waals surface area contributed by atoms with Crippen LogP contribution in [0.4, 0.5) is 0 Å². The van der Waals surface area contributed by atoms with Gasteiger partial charge in [0.05, 0.1) is 11.8 Å². The molecule has 0 spiro atoms. The van der Waals surface area contributed by atoms with Crippen LogP contribution in [-0.2, 0) is 16.0 Å². The molecular weight excluding hydrogens is 278 g/mol. The molecule has 0 aromatic carbocycles. The first-order valence-electron chi connectivity index (χ1n) is 6.64. The van der Waals surface area contributed by atoms with Crippen molar-refractivity contribution in [3.8, 4) is 0 Å². The van der Waals surface area contributed by atoms with Crippen molar-refractivity contribution < 1.29 is 14.7 Å². The van der Waals surface area contributed by atoms with Gasteiger partial charge in [-0.2, -0.15) is 0 Å². The summed E-state index contributed by atoms with van der Waals surface area (Å²) < 4.78 is 0. The SMILES string of the molecule is C[C@@]1(C(=O)O)CCCN(C(=O)Cc2c[nH]c(=O)[nH]c2=O)C1. The molecule has 0 unspecified atom stereocenters. The van der Waals surface area contributed by atoms with Crippen LogP contribution in [0.25, 0.3) is 0 Å². The number of aromatic amines is 2. The van der Waals surface area contributed by atoms with E-state index < -0.39 is 22.6 Å². The molecule has 0 aliphatic carbocycles. The topological polar surface area (TPSA) is 123 Å². The molecule has 1 aliphatic heterocycles. The van der Waals surface area contributed by atoms with Crippen molar-refractivity contribution in [2.24, 2.45) is 5.41 Å². The van der Waals surface area contributed by atoms with Crippen molar-refractivity contribution in [3.63, 3.8) is 0 Å². The normalized spacial score (nSPS) is 22.0. The molecule has 1 amide bonds. The lowest BCUT2D eigenvalue weighted by Gasteiger charge is -2.37. The van der Waals surface area contributed by atoms with E-state index in [4.69, 9.17) is 0 Å². The number of aromatic nitrogens is 2. The number of carboxylic acid groups (broad SMARTS) is 1. The Kier molecular flexibility index (Phi) is 3.97. The van der Waals surface area contributed by atoms with Gasteiger partial charge in [-0.05, 0) is 19.8 Å². The van der Waals surface area contributed by atoms with E-state index in [9.17, 15) is 24.3 Å². The molecule has 1 fully saturated rings. The maximum atomic E-state index is 12.2. The van der Waals surface area contributed by atoms with Crippen LogP contribution >= 0.6 is 0 Å². The maximum Gasteiger partial charge on any atom is 0.325 e. The standard InChI is InChI=1S/C13H17N3O5/c1-13(11(19)20)3-2-4-16(7-13)9(17)5-8-6-14-12(21)15-10(8)18/h6H,2-5,7H2,1H3,(H,19,20)(H2,14,15,18,21)/t13-/m1/s1. The Hall–Kier alpha value is -2.38. The van der Waals surface area contributed by atoms with Crippen LogP contribution in [0, 0.1) is 5.41 Å². The minimum atomic E-state index is -0.953. The second-order valence-corrected chi connectivity index (χ2v) is 5.56. The molecule has 1 saturated heterocycles. The summed E-state index contributed by atoms with van der Waals surface area (Å²) in [5, 5.41) is 9.23. The van der Waals surface area contributed by atoms with Crippen LogP contribution < -0.4 is 11.2 Å². The van der Waals surface area contributed by atoms with Gasteiger partial charge in [-0.15, -0.1) is 0 Å². The van der Waals surface area contributed by atoms with E-state index in [1.807, 2.05) is 0 Å². The first-order chi connectivity index (χ1) is 9.82. The molecule has 1 atom stereocenters. The summed E-state index contributed by atoms with van der Waals surface area (Å²) in [6.45, 7) is 2.22. The van der Waals surface area contributed by atoms with Gasteiger partial charge < -0.3 is 15.0 Å². The third-order valence-corrected chi connectivity index (χ3v) is 3.80. The summed E-state index contributed by atoms with van der Waals surface area (Å²) >= 11 is 0. The van der Waals surface area contributed by atoms with E-state index in [2.05, 4.69) is 9.97 Å². The van der Waals surface area contributed by atoms with Gasteiger partial charge >= 0.3 is 11.7 Å². The molecule has 21 heavy (non-hydrogen) atoms. The minimum Gasteiger partial charge on any atom is -0.481 e. The van der Waals surface area contributed by atoms with Crippen molar-refractivity contribution in [1.82, 2.24) is 14.9 Å². The van der Waals surface area contributed by atoms with Crippen LogP contribution in [0.15, 0.2) is 15.8 Å². The minimum absolute atomic E-state index is 0.127. The molecule has 0 radical (unpaired) electrons. The number of carbonyl (C=O) groups excluding carboxylic acids is 1. The Labute approximate surface area is 119 Å². The Bertz CT molecular complexity index is 677. The van der Waals surface area contributed by atoms with Crippen molar-refractivity contribution >= 4 is 11.9 Å². The lowest BCUT2D eigenvalue weighted by molar-refractivity contribution is -0.153. The molecule has 8 nitrogen and oxygen atoms in total. The smallest absolute Gasteiger partial charge is 0.325 e. The van der Waals surface area contributed by atoms with Gasteiger partial charge in [0, 0.05) is 24.8 Å². The summed E-state index contributed by atoms with van der Waals surface area (Å²) in [6.07, 6.45) is 2.17. The zero-order chi connectivity index (χ0) is 15.6. The first-order valence-corrected chi connectivity index (χ1v) is 6.64. The molecule has 2 rings (SSSR count). The Morgan fingerprint density at radius 1 is 1.43 bits per heavy atom. The lowest BCUT2D eigenvalue weighted by Crippen LogP contribution is -2.49. The Balaban J connectivity index is 2.11. The third-order valence-electron chi connectivity index (χ3n) is 3.80. The van der Waals surface area contributed by atoms with Gasteiger partial charge in [-0.25, -0.2) is 4.79 Å². The number of nitrogens with zero attached hydrogens (tertiary/aromatic N) is 1. The molecule has 114 valence electrons. The zero-order valence-corrected chi connectivity index (χ0v) is 11.6. The molecule has 2 heterocycles.